The van der Waals surface area contributed by atoms with Crippen molar-refractivity contribution in [3.05, 3.63) is 35.4 Å². The highest BCUT2D eigenvalue weighted by Gasteiger charge is 2.29. The van der Waals surface area contributed by atoms with Gasteiger partial charge in [0.1, 0.15) is 11.6 Å². The lowest BCUT2D eigenvalue weighted by molar-refractivity contribution is 0.105. The van der Waals surface area contributed by atoms with Crippen LogP contribution in [0.4, 0.5) is 13.6 Å². The van der Waals surface area contributed by atoms with E-state index in [0.29, 0.717) is 13.0 Å². The summed E-state index contributed by atoms with van der Waals surface area (Å²) in [6, 6.07) is 2.59. The molecule has 1 aliphatic heterocycles. The molecule has 92 valence electrons. The Kier molecular flexibility index (Phi) is 3.26. The van der Waals surface area contributed by atoms with E-state index in [2.05, 4.69) is 0 Å². The SMILES string of the molecule is O=C(O)N1CCCCC1c1cc(F)ccc1F. The molecule has 1 amide bonds. The highest BCUT2D eigenvalue weighted by Crippen LogP contribution is 2.32. The van der Waals surface area contributed by atoms with E-state index in [9.17, 15) is 13.6 Å². The zero-order valence-electron chi connectivity index (χ0n) is 9.20. The molecular weight excluding hydrogens is 228 g/mol. The largest absolute Gasteiger partial charge is 0.465 e. The molecule has 0 saturated carbocycles. The number of rotatable bonds is 1. The summed E-state index contributed by atoms with van der Waals surface area (Å²) in [7, 11) is 0. The molecule has 1 aliphatic rings. The molecule has 1 N–H and O–H groups in total. The molecule has 1 saturated heterocycles. The zero-order valence-corrected chi connectivity index (χ0v) is 9.20. The lowest BCUT2D eigenvalue weighted by atomic mass is 9.95. The summed E-state index contributed by atoms with van der Waals surface area (Å²) in [5, 5.41) is 9.04. The minimum Gasteiger partial charge on any atom is -0.465 e. The quantitative estimate of drug-likeness (QED) is 0.820. The summed E-state index contributed by atoms with van der Waals surface area (Å²) < 4.78 is 26.7. The fourth-order valence-corrected chi connectivity index (χ4v) is 2.25. The maximum atomic E-state index is 13.6. The second-order valence-electron chi connectivity index (χ2n) is 4.15. The lowest BCUT2D eigenvalue weighted by Crippen LogP contribution is -2.37. The number of carbonyl (C=O) groups is 1. The van der Waals surface area contributed by atoms with Gasteiger partial charge in [0.25, 0.3) is 0 Å². The lowest BCUT2D eigenvalue weighted by Gasteiger charge is -2.33. The first-order chi connectivity index (χ1) is 8.09. The molecule has 1 aromatic rings. The summed E-state index contributed by atoms with van der Waals surface area (Å²) in [6.07, 6.45) is 1.04. The minimum atomic E-state index is -1.08. The number of benzene rings is 1. The van der Waals surface area contributed by atoms with Gasteiger partial charge in [0.2, 0.25) is 0 Å². The van der Waals surface area contributed by atoms with Crippen molar-refractivity contribution < 1.29 is 18.7 Å². The maximum Gasteiger partial charge on any atom is 0.407 e. The Morgan fingerprint density at radius 2 is 2.12 bits per heavy atom. The number of halogens is 2. The van der Waals surface area contributed by atoms with Gasteiger partial charge in [-0.15, -0.1) is 0 Å². The van der Waals surface area contributed by atoms with Gasteiger partial charge in [0.15, 0.2) is 0 Å². The molecule has 0 aromatic heterocycles. The van der Waals surface area contributed by atoms with Crippen LogP contribution in [0.2, 0.25) is 0 Å². The Balaban J connectivity index is 2.35. The molecule has 5 heteroatoms. The van der Waals surface area contributed by atoms with Crippen LogP contribution >= 0.6 is 0 Å². The van der Waals surface area contributed by atoms with Gasteiger partial charge < -0.3 is 10.0 Å². The smallest absolute Gasteiger partial charge is 0.407 e. The van der Waals surface area contributed by atoms with Gasteiger partial charge in [-0.05, 0) is 37.5 Å². The number of amides is 1. The van der Waals surface area contributed by atoms with Crippen LogP contribution in [0.3, 0.4) is 0 Å². The third-order valence-electron chi connectivity index (χ3n) is 3.07. The van der Waals surface area contributed by atoms with E-state index in [4.69, 9.17) is 5.11 Å². The third kappa shape index (κ3) is 2.38. The van der Waals surface area contributed by atoms with Gasteiger partial charge in [-0.1, -0.05) is 0 Å². The Morgan fingerprint density at radius 1 is 1.35 bits per heavy atom. The number of likely N-dealkylation sites (tertiary alicyclic amines) is 1. The summed E-state index contributed by atoms with van der Waals surface area (Å²) in [4.78, 5) is 12.2. The Hall–Kier alpha value is -1.65. The number of nitrogens with zero attached hydrogens (tertiary/aromatic N) is 1. The second kappa shape index (κ2) is 4.69. The van der Waals surface area contributed by atoms with Crippen molar-refractivity contribution in [1.82, 2.24) is 4.90 Å². The summed E-state index contributed by atoms with van der Waals surface area (Å²) in [5.41, 5.74) is 0.132. The van der Waals surface area contributed by atoms with E-state index >= 15 is 0 Å². The van der Waals surface area contributed by atoms with Crippen LogP contribution in [0.15, 0.2) is 18.2 Å². The molecule has 17 heavy (non-hydrogen) atoms. The predicted octanol–water partition coefficient (Wildman–Crippen LogP) is 3.17. The molecule has 2 rings (SSSR count). The van der Waals surface area contributed by atoms with Crippen molar-refractivity contribution in [3.8, 4) is 0 Å². The molecule has 0 spiro atoms. The highest BCUT2D eigenvalue weighted by atomic mass is 19.1. The molecule has 1 atom stereocenters. The predicted molar refractivity (Wildman–Crippen MR) is 57.7 cm³/mol. The normalized spacial score (nSPS) is 20.4. The third-order valence-corrected chi connectivity index (χ3v) is 3.07. The molecule has 0 radical (unpaired) electrons. The fourth-order valence-electron chi connectivity index (χ4n) is 2.25. The average Bonchev–Trinajstić information content (AvgIpc) is 2.32. The van der Waals surface area contributed by atoms with Crippen molar-refractivity contribution in [2.75, 3.05) is 6.54 Å². The monoisotopic (exact) mass is 241 g/mol. The van der Waals surface area contributed by atoms with Gasteiger partial charge >= 0.3 is 6.09 Å². The molecule has 1 unspecified atom stereocenters. The molecule has 1 fully saturated rings. The molecule has 0 bridgehead atoms. The van der Waals surface area contributed by atoms with E-state index in [1.165, 1.54) is 4.90 Å². The number of hydrogen-bond donors (Lipinski definition) is 1. The molecule has 1 aromatic carbocycles. The molecule has 0 aliphatic carbocycles. The van der Waals surface area contributed by atoms with Crippen molar-refractivity contribution in [2.45, 2.75) is 25.3 Å². The van der Waals surface area contributed by atoms with E-state index in [0.717, 1.165) is 31.0 Å². The fraction of sp³-hybridized carbons (Fsp3) is 0.417. The van der Waals surface area contributed by atoms with Crippen molar-refractivity contribution in [1.29, 1.82) is 0 Å². The van der Waals surface area contributed by atoms with Gasteiger partial charge in [-0.25, -0.2) is 13.6 Å². The number of hydrogen-bond acceptors (Lipinski definition) is 1. The average molecular weight is 241 g/mol. The minimum absolute atomic E-state index is 0.132. The van der Waals surface area contributed by atoms with Crippen LogP contribution in [0.1, 0.15) is 30.9 Å². The van der Waals surface area contributed by atoms with E-state index in [-0.39, 0.29) is 5.56 Å². The van der Waals surface area contributed by atoms with Crippen LogP contribution in [0.5, 0.6) is 0 Å². The molecular formula is C12H13F2NO2. The van der Waals surface area contributed by atoms with E-state index in [1.807, 2.05) is 0 Å². The summed E-state index contributed by atoms with van der Waals surface area (Å²) in [5.74, 6) is -1.10. The maximum absolute atomic E-state index is 13.6. The van der Waals surface area contributed by atoms with Crippen LogP contribution < -0.4 is 0 Å². The van der Waals surface area contributed by atoms with Crippen LogP contribution in [-0.2, 0) is 0 Å². The number of carboxylic acid groups (broad SMARTS) is 1. The van der Waals surface area contributed by atoms with E-state index < -0.39 is 23.8 Å². The van der Waals surface area contributed by atoms with Crippen molar-refractivity contribution >= 4 is 6.09 Å². The topological polar surface area (TPSA) is 40.5 Å². The van der Waals surface area contributed by atoms with Crippen molar-refractivity contribution in [3.63, 3.8) is 0 Å². The van der Waals surface area contributed by atoms with Crippen molar-refractivity contribution in [2.24, 2.45) is 0 Å². The summed E-state index contributed by atoms with van der Waals surface area (Å²) in [6.45, 7) is 0.371. The van der Waals surface area contributed by atoms with Gasteiger partial charge in [-0.3, -0.25) is 0 Å². The van der Waals surface area contributed by atoms with E-state index in [1.54, 1.807) is 0 Å². The highest BCUT2D eigenvalue weighted by molar-refractivity contribution is 5.66. The Morgan fingerprint density at radius 3 is 2.82 bits per heavy atom. The first-order valence-corrected chi connectivity index (χ1v) is 5.54. The summed E-state index contributed by atoms with van der Waals surface area (Å²) >= 11 is 0. The standard InChI is InChI=1S/C12H13F2NO2/c13-8-4-5-10(14)9(7-8)11-3-1-2-6-15(11)12(16)17/h4-5,7,11H,1-3,6H2,(H,16,17). The molecule has 3 nitrogen and oxygen atoms in total. The Bertz CT molecular complexity index is 437. The van der Waals surface area contributed by atoms with Gasteiger partial charge in [0, 0.05) is 12.1 Å². The van der Waals surface area contributed by atoms with Crippen LogP contribution in [-0.4, -0.2) is 22.6 Å². The first kappa shape index (κ1) is 11.8. The number of piperidine rings is 1. The first-order valence-electron chi connectivity index (χ1n) is 5.54. The van der Waals surface area contributed by atoms with Gasteiger partial charge in [-0.2, -0.15) is 0 Å². The van der Waals surface area contributed by atoms with Crippen LogP contribution in [0.25, 0.3) is 0 Å². The Labute approximate surface area is 97.7 Å². The van der Waals surface area contributed by atoms with Gasteiger partial charge in [0.05, 0.1) is 6.04 Å². The van der Waals surface area contributed by atoms with Crippen LogP contribution in [0, 0.1) is 11.6 Å². The molecule has 1 heterocycles. The zero-order chi connectivity index (χ0) is 12.4. The second-order valence-corrected chi connectivity index (χ2v) is 4.15.